The van der Waals surface area contributed by atoms with Crippen molar-refractivity contribution in [2.45, 2.75) is 20.3 Å². The first-order valence-electron chi connectivity index (χ1n) is 4.88. The molecule has 1 heterocycles. The molecule has 4 heteroatoms. The number of ketones is 1. The number of Topliss-reactive ketones (excluding diaryl/α,β-unsaturated/α-hetero) is 1. The molecule has 2 rings (SSSR count). The summed E-state index contributed by atoms with van der Waals surface area (Å²) in [4.78, 5) is 23.1. The van der Waals surface area contributed by atoms with Gasteiger partial charge in [0.05, 0.1) is 0 Å². The van der Waals surface area contributed by atoms with Crippen LogP contribution in [0.4, 0.5) is 0 Å². The molecule has 80 valence electrons. The summed E-state index contributed by atoms with van der Waals surface area (Å²) in [6.07, 6.45) is 0.783. The summed E-state index contributed by atoms with van der Waals surface area (Å²) >= 11 is 0. The number of hydrogen-bond donors (Lipinski definition) is 1. The molecule has 1 N–H and O–H groups in total. The molecule has 1 fully saturated rings. The minimum atomic E-state index is -0.739. The highest BCUT2D eigenvalue weighted by Crippen LogP contribution is 2.40. The Morgan fingerprint density at radius 1 is 1.60 bits per heavy atom. The molecule has 1 aliphatic carbocycles. The molecular formula is C11H12O4. The molecule has 0 radical (unpaired) electrons. The van der Waals surface area contributed by atoms with Gasteiger partial charge in [0.1, 0.15) is 17.1 Å². The lowest BCUT2D eigenvalue weighted by atomic mass is 10.1. The number of carbonyl (C=O) groups excluding carboxylic acids is 1. The van der Waals surface area contributed by atoms with Crippen LogP contribution < -0.4 is 5.63 Å². The van der Waals surface area contributed by atoms with E-state index in [0.717, 1.165) is 6.42 Å². The molecule has 1 aromatic rings. The fraction of sp³-hybridized carbons (Fsp3) is 0.455. The first-order valence-corrected chi connectivity index (χ1v) is 4.88. The van der Waals surface area contributed by atoms with Crippen molar-refractivity contribution in [2.75, 3.05) is 0 Å². The SMILES string of the molecule is Cc1cc(O)c(C(=O)[C@@H]2C[C@H]2C)c(=O)o1. The van der Waals surface area contributed by atoms with Gasteiger partial charge in [-0.05, 0) is 19.3 Å². The summed E-state index contributed by atoms with van der Waals surface area (Å²) in [5.41, 5.74) is -0.938. The molecule has 1 saturated carbocycles. The minimum Gasteiger partial charge on any atom is -0.507 e. The molecule has 0 saturated heterocycles. The van der Waals surface area contributed by atoms with Crippen LogP contribution in [0.15, 0.2) is 15.3 Å². The zero-order chi connectivity index (χ0) is 11.2. The topological polar surface area (TPSA) is 67.5 Å². The van der Waals surface area contributed by atoms with Gasteiger partial charge in [-0.25, -0.2) is 4.79 Å². The largest absolute Gasteiger partial charge is 0.507 e. The van der Waals surface area contributed by atoms with Crippen LogP contribution in [0.3, 0.4) is 0 Å². The van der Waals surface area contributed by atoms with Crippen molar-refractivity contribution < 1.29 is 14.3 Å². The van der Waals surface area contributed by atoms with E-state index in [2.05, 4.69) is 0 Å². The third-order valence-corrected chi connectivity index (χ3v) is 2.75. The van der Waals surface area contributed by atoms with Gasteiger partial charge in [0.25, 0.3) is 0 Å². The van der Waals surface area contributed by atoms with Gasteiger partial charge in [-0.2, -0.15) is 0 Å². The van der Waals surface area contributed by atoms with Gasteiger partial charge < -0.3 is 9.52 Å². The van der Waals surface area contributed by atoms with E-state index >= 15 is 0 Å². The highest BCUT2D eigenvalue weighted by molar-refractivity contribution is 6.01. The Morgan fingerprint density at radius 3 is 2.67 bits per heavy atom. The van der Waals surface area contributed by atoms with E-state index in [1.165, 1.54) is 6.07 Å². The van der Waals surface area contributed by atoms with E-state index in [9.17, 15) is 14.7 Å². The van der Waals surface area contributed by atoms with Crippen LogP contribution in [0.25, 0.3) is 0 Å². The van der Waals surface area contributed by atoms with Crippen molar-refractivity contribution in [2.24, 2.45) is 11.8 Å². The lowest BCUT2D eigenvalue weighted by Gasteiger charge is -2.01. The van der Waals surface area contributed by atoms with E-state index in [1.54, 1.807) is 6.92 Å². The third kappa shape index (κ3) is 1.67. The van der Waals surface area contributed by atoms with Gasteiger partial charge in [-0.1, -0.05) is 6.92 Å². The maximum absolute atomic E-state index is 11.8. The average Bonchev–Trinajstić information content (AvgIpc) is 2.80. The Hall–Kier alpha value is -1.58. The highest BCUT2D eigenvalue weighted by Gasteiger charge is 2.41. The molecule has 2 atom stereocenters. The van der Waals surface area contributed by atoms with E-state index < -0.39 is 5.63 Å². The lowest BCUT2D eigenvalue weighted by molar-refractivity contribution is 0.0955. The zero-order valence-corrected chi connectivity index (χ0v) is 8.61. The molecule has 0 unspecified atom stereocenters. The van der Waals surface area contributed by atoms with Gasteiger partial charge >= 0.3 is 5.63 Å². The maximum atomic E-state index is 11.8. The number of hydrogen-bond acceptors (Lipinski definition) is 4. The number of aryl methyl sites for hydroxylation is 1. The van der Waals surface area contributed by atoms with E-state index in [-0.39, 0.29) is 23.0 Å². The molecule has 1 aliphatic rings. The normalized spacial score (nSPS) is 23.9. The quantitative estimate of drug-likeness (QED) is 0.748. The third-order valence-electron chi connectivity index (χ3n) is 2.75. The smallest absolute Gasteiger partial charge is 0.350 e. The van der Waals surface area contributed by atoms with Crippen molar-refractivity contribution >= 4 is 5.78 Å². The predicted molar refractivity (Wildman–Crippen MR) is 53.0 cm³/mol. The molecule has 15 heavy (non-hydrogen) atoms. The Balaban J connectivity index is 2.44. The van der Waals surface area contributed by atoms with Crippen LogP contribution in [0, 0.1) is 18.8 Å². The van der Waals surface area contributed by atoms with Crippen molar-refractivity contribution in [1.82, 2.24) is 0 Å². The fourth-order valence-corrected chi connectivity index (χ4v) is 1.70. The van der Waals surface area contributed by atoms with Crippen LogP contribution >= 0.6 is 0 Å². The van der Waals surface area contributed by atoms with Crippen molar-refractivity contribution in [3.05, 3.63) is 27.8 Å². The molecule has 0 aromatic carbocycles. The molecule has 1 aromatic heterocycles. The highest BCUT2D eigenvalue weighted by atomic mass is 16.4. The molecule has 0 bridgehead atoms. The standard InChI is InChI=1S/C11H12O4/c1-5-3-7(5)10(13)9-8(12)4-6(2)15-11(9)14/h4-5,7,12H,3H2,1-2H3/t5-,7-/m1/s1. The predicted octanol–water partition coefficient (Wildman–Crippen LogP) is 1.49. The number of rotatable bonds is 2. The summed E-state index contributed by atoms with van der Waals surface area (Å²) in [6, 6.07) is 1.29. The van der Waals surface area contributed by atoms with E-state index in [0.29, 0.717) is 11.7 Å². The van der Waals surface area contributed by atoms with E-state index in [1.807, 2.05) is 6.92 Å². The molecule has 0 aliphatic heterocycles. The fourth-order valence-electron chi connectivity index (χ4n) is 1.70. The molecular weight excluding hydrogens is 196 g/mol. The Labute approximate surface area is 86.5 Å². The van der Waals surface area contributed by atoms with Crippen LogP contribution in [0.2, 0.25) is 0 Å². The van der Waals surface area contributed by atoms with Gasteiger partial charge in [-0.3, -0.25) is 4.79 Å². The van der Waals surface area contributed by atoms with Gasteiger partial charge in [0.15, 0.2) is 5.78 Å². The summed E-state index contributed by atoms with van der Waals surface area (Å²) in [7, 11) is 0. The van der Waals surface area contributed by atoms with Gasteiger partial charge in [0.2, 0.25) is 0 Å². The van der Waals surface area contributed by atoms with Crippen molar-refractivity contribution in [1.29, 1.82) is 0 Å². The van der Waals surface area contributed by atoms with Gasteiger partial charge in [0, 0.05) is 12.0 Å². The lowest BCUT2D eigenvalue weighted by Crippen LogP contribution is -2.16. The Kier molecular flexibility index (Phi) is 2.14. The molecule has 4 nitrogen and oxygen atoms in total. The summed E-state index contributed by atoms with van der Waals surface area (Å²) in [5, 5.41) is 9.52. The van der Waals surface area contributed by atoms with Crippen LogP contribution in [0.1, 0.15) is 29.5 Å². The van der Waals surface area contributed by atoms with Crippen molar-refractivity contribution in [3.8, 4) is 5.75 Å². The molecule has 0 spiro atoms. The van der Waals surface area contributed by atoms with Crippen molar-refractivity contribution in [3.63, 3.8) is 0 Å². The summed E-state index contributed by atoms with van der Waals surface area (Å²) in [5.74, 6) is -0.0846. The summed E-state index contributed by atoms with van der Waals surface area (Å²) < 4.78 is 4.79. The maximum Gasteiger partial charge on any atom is 0.350 e. The number of aromatic hydroxyl groups is 1. The van der Waals surface area contributed by atoms with E-state index in [4.69, 9.17) is 4.42 Å². The van der Waals surface area contributed by atoms with Crippen LogP contribution in [-0.2, 0) is 0 Å². The monoisotopic (exact) mass is 208 g/mol. The first kappa shape index (κ1) is 9.96. The van der Waals surface area contributed by atoms with Crippen LogP contribution in [0.5, 0.6) is 5.75 Å². The first-order chi connectivity index (χ1) is 7.00. The number of carbonyl (C=O) groups is 1. The Morgan fingerprint density at radius 2 is 2.20 bits per heavy atom. The Bertz CT molecular complexity index is 472. The second-order valence-electron chi connectivity index (χ2n) is 4.09. The van der Waals surface area contributed by atoms with Gasteiger partial charge in [-0.15, -0.1) is 0 Å². The van der Waals surface area contributed by atoms with Crippen LogP contribution in [-0.4, -0.2) is 10.9 Å². The second kappa shape index (κ2) is 3.22. The summed E-state index contributed by atoms with van der Waals surface area (Å²) in [6.45, 7) is 3.49. The second-order valence-corrected chi connectivity index (χ2v) is 4.09. The molecule has 0 amide bonds. The minimum absolute atomic E-state index is 0.124. The average molecular weight is 208 g/mol. The zero-order valence-electron chi connectivity index (χ0n) is 8.61.